The first-order valence-corrected chi connectivity index (χ1v) is 13.5. The third-order valence-electron chi connectivity index (χ3n) is 6.08. The van der Waals surface area contributed by atoms with Crippen LogP contribution in [-0.2, 0) is 0 Å². The summed E-state index contributed by atoms with van der Waals surface area (Å²) in [6.07, 6.45) is 31.3. The highest BCUT2D eigenvalue weighted by Gasteiger charge is 2.23. The van der Waals surface area contributed by atoms with Crippen LogP contribution >= 0.6 is 0 Å². The molecule has 6 N–H and O–H groups in total. The van der Waals surface area contributed by atoms with E-state index in [0.29, 0.717) is 0 Å². The van der Waals surface area contributed by atoms with Gasteiger partial charge in [-0.15, -0.1) is 0 Å². The summed E-state index contributed by atoms with van der Waals surface area (Å²) >= 11 is 0. The van der Waals surface area contributed by atoms with Gasteiger partial charge in [-0.25, -0.2) is 0 Å². The van der Waals surface area contributed by atoms with E-state index in [1.165, 1.54) is 147 Å². The van der Waals surface area contributed by atoms with E-state index in [1.54, 1.807) is 0 Å². The fourth-order valence-corrected chi connectivity index (χ4v) is 4.15. The second-order valence-electron chi connectivity index (χ2n) is 9.17. The highest BCUT2D eigenvalue weighted by atomic mass is 14.7. The molecule has 32 heavy (non-hydrogen) atoms. The molecule has 5 heteroatoms. The van der Waals surface area contributed by atoms with Gasteiger partial charge in [-0.3, -0.25) is 0 Å². The Kier molecular flexibility index (Phi) is 34.8. The van der Waals surface area contributed by atoms with E-state index in [0.717, 1.165) is 0 Å². The summed E-state index contributed by atoms with van der Waals surface area (Å²) in [5.41, 5.74) is 15.4. The predicted molar refractivity (Wildman–Crippen MR) is 140 cm³/mol. The molecule has 0 aliphatic rings. The molecule has 0 spiro atoms. The maximum absolute atomic E-state index is 7.10. The molecule has 0 fully saturated rings. The first-order valence-electron chi connectivity index (χ1n) is 13.5. The average Bonchev–Trinajstić information content (AvgIpc) is 2.77. The Balaban J connectivity index is -0.00000125. The van der Waals surface area contributed by atoms with Crippen LogP contribution in [0.25, 0.3) is 0 Å². The first kappa shape index (κ1) is 35.1. The third kappa shape index (κ3) is 33.2. The Hall–Kier alpha value is -1.46. The maximum atomic E-state index is 7.10. The van der Waals surface area contributed by atoms with Gasteiger partial charge >= 0.3 is 0 Å². The van der Waals surface area contributed by atoms with Gasteiger partial charge in [0.05, 0.1) is 0 Å². The Morgan fingerprint density at radius 3 is 0.875 bits per heavy atom. The fraction of sp³-hybridized carbons (Fsp3) is 0.926. The Morgan fingerprint density at radius 1 is 0.469 bits per heavy atom. The SMILES string of the molecule is CCCCCCCCC(N)(CCCCCCCC)CCCCCCCC.N#CN.N#CN. The molecule has 0 heterocycles. The molecule has 0 saturated heterocycles. The average molecular weight is 452 g/mol. The molecule has 0 amide bonds. The molecular weight excluding hydrogens is 394 g/mol. The van der Waals surface area contributed by atoms with E-state index < -0.39 is 0 Å². The van der Waals surface area contributed by atoms with Crippen LogP contribution in [0.5, 0.6) is 0 Å². The van der Waals surface area contributed by atoms with Crippen molar-refractivity contribution in [3.8, 4) is 12.4 Å². The van der Waals surface area contributed by atoms with Crippen LogP contribution in [0.15, 0.2) is 0 Å². The number of nitriles is 2. The number of hydrogen-bond acceptors (Lipinski definition) is 5. The Labute approximate surface area is 201 Å². The molecule has 0 aliphatic carbocycles. The molecule has 190 valence electrons. The van der Waals surface area contributed by atoms with E-state index >= 15 is 0 Å². The molecule has 0 saturated carbocycles. The second-order valence-corrected chi connectivity index (χ2v) is 9.17. The van der Waals surface area contributed by atoms with E-state index in [9.17, 15) is 0 Å². The van der Waals surface area contributed by atoms with Crippen molar-refractivity contribution in [2.24, 2.45) is 17.2 Å². The second kappa shape index (κ2) is 31.7. The lowest BCUT2D eigenvalue weighted by Gasteiger charge is -2.30. The summed E-state index contributed by atoms with van der Waals surface area (Å²) in [7, 11) is 0. The minimum Gasteiger partial charge on any atom is -0.337 e. The lowest BCUT2D eigenvalue weighted by atomic mass is 9.82. The number of nitrogens with zero attached hydrogens (tertiary/aromatic N) is 2. The van der Waals surface area contributed by atoms with Crippen LogP contribution in [0.1, 0.15) is 156 Å². The zero-order valence-electron chi connectivity index (χ0n) is 22.0. The molecule has 0 aromatic heterocycles. The molecule has 0 radical (unpaired) electrons. The van der Waals surface area contributed by atoms with Gasteiger partial charge in [0.15, 0.2) is 12.4 Å². The largest absolute Gasteiger partial charge is 0.337 e. The van der Waals surface area contributed by atoms with Gasteiger partial charge in [-0.2, -0.15) is 10.5 Å². The van der Waals surface area contributed by atoms with Gasteiger partial charge in [-0.1, -0.05) is 136 Å². The molecule has 0 unspecified atom stereocenters. The molecular formula is C27H57N5. The normalized spacial score (nSPS) is 10.2. The monoisotopic (exact) mass is 451 g/mol. The first-order chi connectivity index (χ1) is 15.5. The highest BCUT2D eigenvalue weighted by molar-refractivity contribution is 4.84. The van der Waals surface area contributed by atoms with E-state index in [4.69, 9.17) is 16.3 Å². The number of rotatable bonds is 21. The van der Waals surface area contributed by atoms with Crippen LogP contribution < -0.4 is 17.2 Å². The van der Waals surface area contributed by atoms with Crippen molar-refractivity contribution in [1.82, 2.24) is 0 Å². The van der Waals surface area contributed by atoms with E-state index in [2.05, 4.69) is 32.2 Å². The van der Waals surface area contributed by atoms with Crippen LogP contribution in [-0.4, -0.2) is 5.54 Å². The summed E-state index contributed by atoms with van der Waals surface area (Å²) in [5, 5.41) is 14.2. The Bertz CT molecular complexity index is 358. The molecule has 0 aromatic carbocycles. The quantitative estimate of drug-likeness (QED) is 0.0932. The van der Waals surface area contributed by atoms with Crippen molar-refractivity contribution in [3.63, 3.8) is 0 Å². The molecule has 0 atom stereocenters. The standard InChI is InChI=1S/C25H53N.2CH2N2/c1-4-7-10-13-16-19-22-25(26,23-20-17-14-11-8-5-2)24-21-18-15-12-9-6-3;2*2-1-3/h4-24,26H2,1-3H3;2*2H2. The summed E-state index contributed by atoms with van der Waals surface area (Å²) in [6, 6.07) is 0. The smallest absolute Gasteiger partial charge is 0.173 e. The summed E-state index contributed by atoms with van der Waals surface area (Å²) in [6.45, 7) is 6.89. The minimum atomic E-state index is 0.139. The lowest BCUT2D eigenvalue weighted by molar-refractivity contribution is 0.302. The summed E-state index contributed by atoms with van der Waals surface area (Å²) < 4.78 is 0. The molecule has 0 aromatic rings. The van der Waals surface area contributed by atoms with Crippen LogP contribution in [0.3, 0.4) is 0 Å². The predicted octanol–water partition coefficient (Wildman–Crippen LogP) is 7.79. The number of unbranched alkanes of at least 4 members (excludes halogenated alkanes) is 15. The number of hydrogen-bond donors (Lipinski definition) is 3. The topological polar surface area (TPSA) is 126 Å². The minimum absolute atomic E-state index is 0.139. The zero-order valence-corrected chi connectivity index (χ0v) is 22.0. The van der Waals surface area contributed by atoms with Gasteiger partial charge in [0, 0.05) is 5.54 Å². The van der Waals surface area contributed by atoms with Gasteiger partial charge in [0.1, 0.15) is 0 Å². The molecule has 5 nitrogen and oxygen atoms in total. The number of nitrogens with two attached hydrogens (primary N) is 3. The van der Waals surface area contributed by atoms with Gasteiger partial charge in [0.25, 0.3) is 0 Å². The lowest BCUT2D eigenvalue weighted by Crippen LogP contribution is -2.39. The summed E-state index contributed by atoms with van der Waals surface area (Å²) in [5.74, 6) is 0. The Morgan fingerprint density at radius 2 is 0.656 bits per heavy atom. The zero-order chi connectivity index (χ0) is 24.8. The summed E-state index contributed by atoms with van der Waals surface area (Å²) in [4.78, 5) is 0. The van der Waals surface area contributed by atoms with Crippen molar-refractivity contribution in [2.45, 2.75) is 161 Å². The van der Waals surface area contributed by atoms with E-state index in [-0.39, 0.29) is 5.54 Å². The van der Waals surface area contributed by atoms with Crippen molar-refractivity contribution in [2.75, 3.05) is 0 Å². The van der Waals surface area contributed by atoms with Gasteiger partial charge in [-0.05, 0) is 19.3 Å². The maximum Gasteiger partial charge on any atom is 0.173 e. The fourth-order valence-electron chi connectivity index (χ4n) is 4.15. The highest BCUT2D eigenvalue weighted by Crippen LogP contribution is 2.27. The van der Waals surface area contributed by atoms with Crippen molar-refractivity contribution >= 4 is 0 Å². The van der Waals surface area contributed by atoms with Gasteiger partial charge in [0.2, 0.25) is 0 Å². The molecule has 0 aliphatic heterocycles. The van der Waals surface area contributed by atoms with Crippen molar-refractivity contribution in [1.29, 1.82) is 10.5 Å². The van der Waals surface area contributed by atoms with Crippen LogP contribution in [0.4, 0.5) is 0 Å². The van der Waals surface area contributed by atoms with Crippen LogP contribution in [0.2, 0.25) is 0 Å². The molecule has 0 rings (SSSR count). The van der Waals surface area contributed by atoms with Crippen molar-refractivity contribution < 1.29 is 0 Å². The third-order valence-corrected chi connectivity index (χ3v) is 6.08. The van der Waals surface area contributed by atoms with Crippen molar-refractivity contribution in [3.05, 3.63) is 0 Å². The van der Waals surface area contributed by atoms with E-state index in [1.807, 2.05) is 0 Å². The molecule has 0 bridgehead atoms. The van der Waals surface area contributed by atoms with Gasteiger partial charge < -0.3 is 17.2 Å². The van der Waals surface area contributed by atoms with Crippen LogP contribution in [0, 0.1) is 22.9 Å².